The summed E-state index contributed by atoms with van der Waals surface area (Å²) >= 11 is 1.74. The van der Waals surface area contributed by atoms with Crippen molar-refractivity contribution in [3.05, 3.63) is 29.3 Å². The number of rotatable bonds is 0. The van der Waals surface area contributed by atoms with Gasteiger partial charge in [0.15, 0.2) is 0 Å². The van der Waals surface area contributed by atoms with Crippen LogP contribution in [0.4, 0.5) is 0 Å². The predicted octanol–water partition coefficient (Wildman–Crippen LogP) is -0.594. The van der Waals surface area contributed by atoms with E-state index >= 15 is 0 Å². The first kappa shape index (κ1) is 20.0. The van der Waals surface area contributed by atoms with Crippen molar-refractivity contribution >= 4 is 31.7 Å². The van der Waals surface area contributed by atoms with Gasteiger partial charge in [0.25, 0.3) is 0 Å². The van der Waals surface area contributed by atoms with E-state index in [4.69, 9.17) is 13.0 Å². The molecule has 0 spiro atoms. The molecule has 0 aliphatic rings. The van der Waals surface area contributed by atoms with E-state index in [1.807, 2.05) is 25.1 Å². The van der Waals surface area contributed by atoms with Gasteiger partial charge in [-0.15, -0.1) is 11.3 Å². The van der Waals surface area contributed by atoms with E-state index in [-0.39, 0.29) is 58.8 Å². The van der Waals surface area contributed by atoms with E-state index in [1.54, 1.807) is 11.3 Å². The largest absolute Gasteiger partial charge is 1.00 e. The van der Waals surface area contributed by atoms with Gasteiger partial charge < -0.3 is 4.55 Å². The summed E-state index contributed by atoms with van der Waals surface area (Å²) in [6.45, 7) is 2.03. The predicted molar refractivity (Wildman–Crippen MR) is 66.7 cm³/mol. The molecule has 0 radical (unpaired) electrons. The van der Waals surface area contributed by atoms with Crippen LogP contribution < -0.4 is 51.4 Å². The number of nitrogens with zero attached hydrogens (tertiary/aromatic N) is 1. The molecule has 0 atom stereocenters. The number of aryl methyl sites for hydroxylation is 1. The Morgan fingerprint density at radius 3 is 2.24 bits per heavy atom. The summed E-state index contributed by atoms with van der Waals surface area (Å²) in [5.41, 5.74) is 1.12. The molecule has 90 valence electrons. The van der Waals surface area contributed by atoms with E-state index in [9.17, 15) is 0 Å². The maximum absolute atomic E-state index is 9.08. The van der Waals surface area contributed by atoms with Crippen LogP contribution in [0.5, 0.6) is 0 Å². The summed E-state index contributed by atoms with van der Waals surface area (Å²) in [5, 5.41) is 1.14. The van der Waals surface area contributed by atoms with E-state index < -0.39 is 10.1 Å². The summed E-state index contributed by atoms with van der Waals surface area (Å²) in [4.78, 5) is 4.33. The molecular formula is C10H14KNO3S2. The molecule has 0 bridgehead atoms. The van der Waals surface area contributed by atoms with Gasteiger partial charge in [-0.05, 0) is 19.1 Å². The Labute approximate surface area is 149 Å². The van der Waals surface area contributed by atoms with Gasteiger partial charge in [0, 0.05) is 6.26 Å². The van der Waals surface area contributed by atoms with Gasteiger partial charge in [-0.25, -0.2) is 13.4 Å². The first-order valence-electron chi connectivity index (χ1n) is 4.09. The average molecular weight is 299 g/mol. The van der Waals surface area contributed by atoms with Crippen molar-refractivity contribution < 1.29 is 64.4 Å². The molecule has 4 nitrogen and oxygen atoms in total. The average Bonchev–Trinajstić information content (AvgIpc) is 2.40. The third-order valence-electron chi connectivity index (χ3n) is 1.40. The molecule has 0 unspecified atom stereocenters. The summed E-state index contributed by atoms with van der Waals surface area (Å²) in [6.07, 6.45) is 0.604. The number of hydrogen-bond donors (Lipinski definition) is 0. The van der Waals surface area contributed by atoms with Gasteiger partial charge in [0.05, 0.1) is 25.3 Å². The first-order chi connectivity index (χ1) is 6.86. The SMILES string of the molecule is C.CS(=O)(=O)[O-].Cc1nc2ccccc2s1.[K+]. The minimum atomic E-state index is -3.92. The fourth-order valence-corrected chi connectivity index (χ4v) is 1.81. The molecule has 2 aromatic rings. The Kier molecular flexibility index (Phi) is 10.2. The normalized spacial score (nSPS) is 9.59. The van der Waals surface area contributed by atoms with Crippen molar-refractivity contribution in [2.45, 2.75) is 14.4 Å². The summed E-state index contributed by atoms with van der Waals surface area (Å²) in [5.74, 6) is 0. The molecule has 0 saturated carbocycles. The molecular weight excluding hydrogens is 285 g/mol. The van der Waals surface area contributed by atoms with E-state index in [0.29, 0.717) is 6.26 Å². The number of para-hydroxylation sites is 1. The third kappa shape index (κ3) is 9.26. The van der Waals surface area contributed by atoms with Crippen molar-refractivity contribution in [2.24, 2.45) is 0 Å². The monoisotopic (exact) mass is 299 g/mol. The van der Waals surface area contributed by atoms with Crippen molar-refractivity contribution in [2.75, 3.05) is 6.26 Å². The second-order valence-corrected chi connectivity index (χ2v) is 5.55. The number of hydrogen-bond acceptors (Lipinski definition) is 5. The van der Waals surface area contributed by atoms with Crippen molar-refractivity contribution in [1.82, 2.24) is 4.98 Å². The standard InChI is InChI=1S/C8H7NS.CH4O3S.CH4.K/c1-6-9-7-4-2-3-5-8(7)10-6;1-5(2,3)4;;/h2-5H,1H3;1H3,(H,2,3,4);1H4;/q;;;+1/p-1. The molecule has 0 aliphatic carbocycles. The van der Waals surface area contributed by atoms with Crippen LogP contribution in [0.2, 0.25) is 0 Å². The molecule has 7 heteroatoms. The molecule has 0 fully saturated rings. The Bertz CT molecular complexity index is 510. The van der Waals surface area contributed by atoms with Gasteiger partial charge in [-0.2, -0.15) is 0 Å². The zero-order valence-electron chi connectivity index (χ0n) is 9.30. The zero-order chi connectivity index (χ0) is 11.5. The molecule has 0 N–H and O–H groups in total. The van der Waals surface area contributed by atoms with Crippen LogP contribution in [0, 0.1) is 6.92 Å². The second-order valence-electron chi connectivity index (χ2n) is 2.90. The van der Waals surface area contributed by atoms with Crippen molar-refractivity contribution in [1.29, 1.82) is 0 Å². The van der Waals surface area contributed by atoms with Crippen molar-refractivity contribution in [3.8, 4) is 0 Å². The molecule has 0 aliphatic heterocycles. The van der Waals surface area contributed by atoms with E-state index in [0.717, 1.165) is 10.5 Å². The molecule has 0 saturated heterocycles. The van der Waals surface area contributed by atoms with Gasteiger partial charge in [0.1, 0.15) is 0 Å². The van der Waals surface area contributed by atoms with Gasteiger partial charge in [-0.3, -0.25) is 0 Å². The van der Waals surface area contributed by atoms with Crippen LogP contribution in [-0.2, 0) is 10.1 Å². The van der Waals surface area contributed by atoms with Crippen LogP contribution in [0.1, 0.15) is 12.4 Å². The Balaban J connectivity index is 0. The quantitative estimate of drug-likeness (QED) is 0.481. The number of fused-ring (bicyclic) bond motifs is 1. The summed E-state index contributed by atoms with van der Waals surface area (Å²) < 4.78 is 28.5. The molecule has 1 aromatic carbocycles. The van der Waals surface area contributed by atoms with E-state index in [2.05, 4.69) is 11.1 Å². The molecule has 1 heterocycles. The molecule has 2 rings (SSSR count). The second kappa shape index (κ2) is 8.71. The topological polar surface area (TPSA) is 70.1 Å². The van der Waals surface area contributed by atoms with Crippen LogP contribution in [-0.4, -0.2) is 24.2 Å². The molecule has 0 amide bonds. The zero-order valence-corrected chi connectivity index (χ0v) is 14.1. The van der Waals surface area contributed by atoms with Gasteiger partial charge in [-0.1, -0.05) is 19.6 Å². The minimum absolute atomic E-state index is 0. The number of thiazole rings is 1. The van der Waals surface area contributed by atoms with Crippen LogP contribution in [0.15, 0.2) is 24.3 Å². The van der Waals surface area contributed by atoms with Gasteiger partial charge >= 0.3 is 51.4 Å². The molecule has 1 aromatic heterocycles. The third-order valence-corrected chi connectivity index (χ3v) is 2.35. The smallest absolute Gasteiger partial charge is 0.748 e. The fourth-order valence-electron chi connectivity index (χ4n) is 0.987. The number of aromatic nitrogens is 1. The first-order valence-corrected chi connectivity index (χ1v) is 6.72. The van der Waals surface area contributed by atoms with E-state index in [1.165, 1.54) is 4.70 Å². The Hall–Kier alpha value is 0.656. The minimum Gasteiger partial charge on any atom is -0.748 e. The molecule has 17 heavy (non-hydrogen) atoms. The van der Waals surface area contributed by atoms with Crippen LogP contribution >= 0.6 is 11.3 Å². The van der Waals surface area contributed by atoms with Gasteiger partial charge in [0.2, 0.25) is 0 Å². The van der Waals surface area contributed by atoms with Crippen LogP contribution in [0.25, 0.3) is 10.2 Å². The van der Waals surface area contributed by atoms with Crippen LogP contribution in [0.3, 0.4) is 0 Å². The maximum Gasteiger partial charge on any atom is 1.00 e. The Morgan fingerprint density at radius 1 is 1.29 bits per heavy atom. The summed E-state index contributed by atoms with van der Waals surface area (Å²) in [7, 11) is -3.92. The maximum atomic E-state index is 9.08. The summed E-state index contributed by atoms with van der Waals surface area (Å²) in [6, 6.07) is 8.19. The Morgan fingerprint density at radius 2 is 1.76 bits per heavy atom. The number of benzene rings is 1. The fraction of sp³-hybridized carbons (Fsp3) is 0.300. The van der Waals surface area contributed by atoms with Crippen molar-refractivity contribution in [3.63, 3.8) is 0 Å².